The first-order chi connectivity index (χ1) is 13.1. The van der Waals surface area contributed by atoms with Crippen LogP contribution in [-0.4, -0.2) is 55.7 Å². The van der Waals surface area contributed by atoms with E-state index in [0.717, 1.165) is 40.4 Å². The Morgan fingerprint density at radius 2 is 2.04 bits per heavy atom. The summed E-state index contributed by atoms with van der Waals surface area (Å²) in [5, 5.41) is 0. The lowest BCUT2D eigenvalue weighted by Crippen LogP contribution is -2.51. The summed E-state index contributed by atoms with van der Waals surface area (Å²) in [4.78, 5) is 21.6. The number of pyridine rings is 1. The van der Waals surface area contributed by atoms with Gasteiger partial charge in [-0.05, 0) is 58.2 Å². The number of hydrogen-bond acceptors (Lipinski definition) is 5. The molecule has 1 amide bonds. The molecule has 7 heteroatoms. The Balaban J connectivity index is 1.37. The molecule has 0 saturated carbocycles. The summed E-state index contributed by atoms with van der Waals surface area (Å²) in [5.74, 6) is 2.63. The van der Waals surface area contributed by atoms with E-state index in [1.807, 2.05) is 35.2 Å². The first kappa shape index (κ1) is 18.1. The Kier molecular flexibility index (Phi) is 5.20. The number of piperazine rings is 1. The standard InChI is InChI=1S/C20H22BrN3O3/c1-26-17-3-4-18-14(11-17)10-15(13-27-18)20(25)24-8-6-23(7-9-24)19-5-2-16(21)12-22-19/h2-5,11-12,15H,6-10,13H2,1H3. The molecular formula is C20H22BrN3O3. The van der Waals surface area contributed by atoms with Crippen LogP contribution in [0.15, 0.2) is 41.0 Å². The first-order valence-corrected chi connectivity index (χ1v) is 9.88. The van der Waals surface area contributed by atoms with Gasteiger partial charge in [0.2, 0.25) is 5.91 Å². The summed E-state index contributed by atoms with van der Waals surface area (Å²) < 4.78 is 12.1. The largest absolute Gasteiger partial charge is 0.497 e. The highest BCUT2D eigenvalue weighted by atomic mass is 79.9. The van der Waals surface area contributed by atoms with E-state index >= 15 is 0 Å². The van der Waals surface area contributed by atoms with Gasteiger partial charge in [0, 0.05) is 36.8 Å². The molecule has 1 saturated heterocycles. The minimum Gasteiger partial charge on any atom is -0.497 e. The van der Waals surface area contributed by atoms with Gasteiger partial charge in [-0.2, -0.15) is 0 Å². The molecular weight excluding hydrogens is 410 g/mol. The van der Waals surface area contributed by atoms with E-state index in [4.69, 9.17) is 9.47 Å². The Labute approximate surface area is 167 Å². The second kappa shape index (κ2) is 7.76. The van der Waals surface area contributed by atoms with E-state index in [1.54, 1.807) is 13.3 Å². The molecule has 0 N–H and O–H groups in total. The highest BCUT2D eigenvalue weighted by Gasteiger charge is 2.31. The molecule has 2 aliphatic rings. The van der Waals surface area contributed by atoms with Crippen molar-refractivity contribution < 1.29 is 14.3 Å². The van der Waals surface area contributed by atoms with Gasteiger partial charge in [0.05, 0.1) is 13.0 Å². The molecule has 1 atom stereocenters. The molecule has 2 aliphatic heterocycles. The molecule has 4 rings (SSSR count). The zero-order valence-electron chi connectivity index (χ0n) is 15.2. The van der Waals surface area contributed by atoms with Crippen molar-refractivity contribution in [1.29, 1.82) is 0 Å². The number of carbonyl (C=O) groups is 1. The van der Waals surface area contributed by atoms with Crippen LogP contribution in [0.2, 0.25) is 0 Å². The number of hydrogen-bond donors (Lipinski definition) is 0. The quantitative estimate of drug-likeness (QED) is 0.747. The first-order valence-electron chi connectivity index (χ1n) is 9.09. The molecule has 6 nitrogen and oxygen atoms in total. The van der Waals surface area contributed by atoms with Gasteiger partial charge in [-0.15, -0.1) is 0 Å². The molecule has 1 fully saturated rings. The SMILES string of the molecule is COc1ccc2c(c1)CC(C(=O)N1CCN(c3ccc(Br)cn3)CC1)CO2. The van der Waals surface area contributed by atoms with Crippen LogP contribution in [0, 0.1) is 5.92 Å². The highest BCUT2D eigenvalue weighted by molar-refractivity contribution is 9.10. The summed E-state index contributed by atoms with van der Waals surface area (Å²) >= 11 is 3.41. The Hall–Kier alpha value is -2.28. The predicted molar refractivity (Wildman–Crippen MR) is 106 cm³/mol. The average molecular weight is 432 g/mol. The molecule has 142 valence electrons. The number of amides is 1. The van der Waals surface area contributed by atoms with E-state index in [-0.39, 0.29) is 11.8 Å². The predicted octanol–water partition coefficient (Wildman–Crippen LogP) is 2.75. The summed E-state index contributed by atoms with van der Waals surface area (Å²) in [7, 11) is 1.65. The molecule has 0 spiro atoms. The number of ether oxygens (including phenoxy) is 2. The summed E-state index contributed by atoms with van der Waals surface area (Å²) in [6, 6.07) is 9.76. The van der Waals surface area contributed by atoms with Gasteiger partial charge in [0.15, 0.2) is 0 Å². The van der Waals surface area contributed by atoms with Crippen LogP contribution in [0.4, 0.5) is 5.82 Å². The fourth-order valence-electron chi connectivity index (χ4n) is 3.63. The fourth-order valence-corrected chi connectivity index (χ4v) is 3.86. The van der Waals surface area contributed by atoms with Gasteiger partial charge in [0.1, 0.15) is 23.9 Å². The zero-order chi connectivity index (χ0) is 18.8. The van der Waals surface area contributed by atoms with Crippen molar-refractivity contribution in [3.63, 3.8) is 0 Å². The van der Waals surface area contributed by atoms with Crippen LogP contribution >= 0.6 is 15.9 Å². The Bertz CT molecular complexity index is 820. The minimum absolute atomic E-state index is 0.137. The number of halogens is 1. The smallest absolute Gasteiger partial charge is 0.229 e. The third-order valence-corrected chi connectivity index (χ3v) is 5.62. The van der Waals surface area contributed by atoms with Gasteiger partial charge in [-0.25, -0.2) is 4.98 Å². The van der Waals surface area contributed by atoms with Crippen molar-refractivity contribution in [3.05, 3.63) is 46.6 Å². The van der Waals surface area contributed by atoms with E-state index in [2.05, 4.69) is 25.8 Å². The van der Waals surface area contributed by atoms with Crippen LogP contribution in [-0.2, 0) is 11.2 Å². The maximum atomic E-state index is 13.0. The Morgan fingerprint density at radius 1 is 1.22 bits per heavy atom. The topological polar surface area (TPSA) is 54.9 Å². The van der Waals surface area contributed by atoms with Crippen LogP contribution in [0.25, 0.3) is 0 Å². The number of anilines is 1. The van der Waals surface area contributed by atoms with Crippen molar-refractivity contribution in [2.45, 2.75) is 6.42 Å². The van der Waals surface area contributed by atoms with Gasteiger partial charge in [-0.1, -0.05) is 0 Å². The van der Waals surface area contributed by atoms with Crippen LogP contribution < -0.4 is 14.4 Å². The van der Waals surface area contributed by atoms with Gasteiger partial charge < -0.3 is 19.3 Å². The summed E-state index contributed by atoms with van der Waals surface area (Å²) in [6.45, 7) is 3.43. The number of fused-ring (bicyclic) bond motifs is 1. The number of rotatable bonds is 3. The van der Waals surface area contributed by atoms with Gasteiger partial charge in [-0.3, -0.25) is 4.79 Å². The molecule has 2 aromatic rings. The number of benzene rings is 1. The van der Waals surface area contributed by atoms with E-state index < -0.39 is 0 Å². The average Bonchev–Trinajstić information content (AvgIpc) is 2.73. The van der Waals surface area contributed by atoms with Crippen LogP contribution in [0.3, 0.4) is 0 Å². The van der Waals surface area contributed by atoms with Crippen molar-refractivity contribution in [3.8, 4) is 11.5 Å². The van der Waals surface area contributed by atoms with E-state index in [9.17, 15) is 4.79 Å². The molecule has 1 aromatic heterocycles. The highest BCUT2D eigenvalue weighted by Crippen LogP contribution is 2.31. The zero-order valence-corrected chi connectivity index (χ0v) is 16.8. The van der Waals surface area contributed by atoms with Crippen molar-refractivity contribution in [2.24, 2.45) is 5.92 Å². The lowest BCUT2D eigenvalue weighted by molar-refractivity contribution is -0.137. The third-order valence-electron chi connectivity index (χ3n) is 5.15. The molecule has 0 aliphatic carbocycles. The molecule has 1 unspecified atom stereocenters. The lowest BCUT2D eigenvalue weighted by Gasteiger charge is -2.37. The molecule has 0 radical (unpaired) electrons. The number of carbonyl (C=O) groups excluding carboxylic acids is 1. The number of nitrogens with zero attached hydrogens (tertiary/aromatic N) is 3. The minimum atomic E-state index is -0.137. The van der Waals surface area contributed by atoms with Crippen molar-refractivity contribution >= 4 is 27.7 Å². The normalized spacial score (nSPS) is 19.3. The molecule has 0 bridgehead atoms. The number of methoxy groups -OCH3 is 1. The van der Waals surface area contributed by atoms with Crippen molar-refractivity contribution in [1.82, 2.24) is 9.88 Å². The van der Waals surface area contributed by atoms with Crippen LogP contribution in [0.1, 0.15) is 5.56 Å². The van der Waals surface area contributed by atoms with Gasteiger partial charge >= 0.3 is 0 Å². The van der Waals surface area contributed by atoms with Crippen molar-refractivity contribution in [2.75, 3.05) is 44.8 Å². The second-order valence-electron chi connectivity index (χ2n) is 6.83. The second-order valence-corrected chi connectivity index (χ2v) is 7.75. The summed E-state index contributed by atoms with van der Waals surface area (Å²) in [6.07, 6.45) is 2.50. The third kappa shape index (κ3) is 3.88. The lowest BCUT2D eigenvalue weighted by atomic mass is 9.95. The van der Waals surface area contributed by atoms with E-state index in [0.29, 0.717) is 26.1 Å². The maximum Gasteiger partial charge on any atom is 0.229 e. The van der Waals surface area contributed by atoms with E-state index in [1.165, 1.54) is 0 Å². The monoisotopic (exact) mass is 431 g/mol. The molecule has 27 heavy (non-hydrogen) atoms. The Morgan fingerprint density at radius 3 is 2.74 bits per heavy atom. The summed E-state index contributed by atoms with van der Waals surface area (Å²) in [5.41, 5.74) is 1.04. The van der Waals surface area contributed by atoms with Crippen LogP contribution in [0.5, 0.6) is 11.5 Å². The molecule has 3 heterocycles. The fraction of sp³-hybridized carbons (Fsp3) is 0.400. The van der Waals surface area contributed by atoms with Gasteiger partial charge in [0.25, 0.3) is 0 Å². The number of aromatic nitrogens is 1. The maximum absolute atomic E-state index is 13.0. The molecule has 1 aromatic carbocycles.